The number of hydrogen-bond acceptors (Lipinski definition) is 1. The highest BCUT2D eigenvalue weighted by Gasteiger charge is 2.21. The molecular formula is C34H35N. The van der Waals surface area contributed by atoms with Crippen LogP contribution in [0.25, 0.3) is 11.6 Å². The van der Waals surface area contributed by atoms with Crippen LogP contribution in [0.4, 0.5) is 5.69 Å². The van der Waals surface area contributed by atoms with E-state index in [1.165, 1.54) is 39.2 Å². The van der Waals surface area contributed by atoms with Crippen molar-refractivity contribution < 1.29 is 0 Å². The smallest absolute Gasteiger partial charge is 0.0559 e. The maximum absolute atomic E-state index is 2.50. The Morgan fingerprint density at radius 2 is 1.74 bits per heavy atom. The zero-order chi connectivity index (χ0) is 24.0. The van der Waals surface area contributed by atoms with Crippen molar-refractivity contribution in [2.24, 2.45) is 5.92 Å². The molecule has 2 aromatic rings. The Labute approximate surface area is 210 Å². The molecule has 3 aliphatic carbocycles. The van der Waals surface area contributed by atoms with E-state index in [1.54, 1.807) is 0 Å². The molecule has 2 aromatic carbocycles. The summed E-state index contributed by atoms with van der Waals surface area (Å²) in [5.74, 6) is 0.609. The average Bonchev–Trinajstić information content (AvgIpc) is 2.91. The minimum Gasteiger partial charge on any atom is -0.335 e. The van der Waals surface area contributed by atoms with Crippen molar-refractivity contribution in [3.63, 3.8) is 0 Å². The van der Waals surface area contributed by atoms with Gasteiger partial charge in [0.05, 0.1) is 6.04 Å². The first kappa shape index (κ1) is 23.2. The van der Waals surface area contributed by atoms with Crippen LogP contribution in [0, 0.1) is 5.92 Å². The highest BCUT2D eigenvalue weighted by molar-refractivity contribution is 5.91. The third-order valence-electron chi connectivity index (χ3n) is 7.09. The highest BCUT2D eigenvalue weighted by atomic mass is 15.2. The maximum Gasteiger partial charge on any atom is 0.0559 e. The van der Waals surface area contributed by atoms with Crippen LogP contribution in [-0.2, 0) is 0 Å². The Balaban J connectivity index is 1.48. The number of nitrogens with zero attached hydrogens (tertiary/aromatic N) is 1. The molecular weight excluding hydrogens is 422 g/mol. The predicted octanol–water partition coefficient (Wildman–Crippen LogP) is 9.06. The first-order valence-corrected chi connectivity index (χ1v) is 12.9. The van der Waals surface area contributed by atoms with Crippen LogP contribution in [0.3, 0.4) is 0 Å². The van der Waals surface area contributed by atoms with Crippen molar-refractivity contribution in [1.82, 2.24) is 0 Å². The lowest BCUT2D eigenvalue weighted by Gasteiger charge is -2.35. The van der Waals surface area contributed by atoms with E-state index >= 15 is 0 Å². The third kappa shape index (κ3) is 5.57. The second kappa shape index (κ2) is 10.8. The largest absolute Gasteiger partial charge is 0.335 e. The van der Waals surface area contributed by atoms with Crippen LogP contribution < -0.4 is 4.90 Å². The number of rotatable bonds is 6. The van der Waals surface area contributed by atoms with Crippen LogP contribution in [-0.4, -0.2) is 6.04 Å². The third-order valence-corrected chi connectivity index (χ3v) is 7.09. The molecule has 176 valence electrons. The molecule has 0 bridgehead atoms. The summed E-state index contributed by atoms with van der Waals surface area (Å²) in [5.41, 5.74) is 9.14. The standard InChI is InChI=1S/C34H35N/c1-26-13-19-31(20-14-26)35(32-21-15-27(2)16-22-32)33-23-17-28(18-24-33)25-34(29-9-5-3-6-10-29)30-11-7-4-8-12-30/h3-7,9-11,13-15,17-19,21-25,27,31H,8,12,16,20H2,1-2H3/b34-25-. The fourth-order valence-corrected chi connectivity index (χ4v) is 5.04. The number of benzene rings is 2. The lowest BCUT2D eigenvalue weighted by Crippen LogP contribution is -2.33. The zero-order valence-electron chi connectivity index (χ0n) is 20.9. The number of hydrogen-bond donors (Lipinski definition) is 0. The van der Waals surface area contributed by atoms with Gasteiger partial charge in [-0.2, -0.15) is 0 Å². The van der Waals surface area contributed by atoms with E-state index in [0.29, 0.717) is 12.0 Å². The SMILES string of the molecule is CC1=CCC(N(C2=CCC(C)C=C2)c2ccc(/C=C(\C3=CC=CCC3)c3ccccc3)cc2)C=C1. The molecule has 5 rings (SSSR count). The van der Waals surface area contributed by atoms with E-state index in [1.807, 2.05) is 0 Å². The lowest BCUT2D eigenvalue weighted by molar-refractivity contribution is 0.703. The van der Waals surface area contributed by atoms with Gasteiger partial charge < -0.3 is 4.90 Å². The van der Waals surface area contributed by atoms with Gasteiger partial charge in [0.1, 0.15) is 0 Å². The molecule has 0 fully saturated rings. The van der Waals surface area contributed by atoms with Crippen molar-refractivity contribution >= 4 is 17.3 Å². The summed E-state index contributed by atoms with van der Waals surface area (Å²) in [7, 11) is 0. The fraction of sp³-hybridized carbons (Fsp3) is 0.235. The minimum atomic E-state index is 0.337. The molecule has 0 aromatic heterocycles. The molecule has 0 saturated carbocycles. The number of anilines is 1. The van der Waals surface area contributed by atoms with Crippen LogP contribution in [0.5, 0.6) is 0 Å². The van der Waals surface area contributed by atoms with E-state index < -0.39 is 0 Å². The summed E-state index contributed by atoms with van der Waals surface area (Å²) in [6, 6.07) is 20.2. The van der Waals surface area contributed by atoms with Gasteiger partial charge in [0, 0.05) is 11.4 Å². The average molecular weight is 458 g/mol. The van der Waals surface area contributed by atoms with E-state index in [0.717, 1.165) is 25.7 Å². The molecule has 0 radical (unpaired) electrons. The Bertz CT molecular complexity index is 1250. The van der Waals surface area contributed by atoms with Crippen molar-refractivity contribution in [3.05, 3.63) is 137 Å². The van der Waals surface area contributed by atoms with Crippen LogP contribution >= 0.6 is 0 Å². The first-order valence-electron chi connectivity index (χ1n) is 12.9. The summed E-state index contributed by atoms with van der Waals surface area (Å²) >= 11 is 0. The predicted molar refractivity (Wildman–Crippen MR) is 152 cm³/mol. The van der Waals surface area contributed by atoms with E-state index in [2.05, 4.69) is 134 Å². The molecule has 0 N–H and O–H groups in total. The summed E-state index contributed by atoms with van der Waals surface area (Å²) in [5, 5.41) is 0. The molecule has 3 aliphatic rings. The van der Waals surface area contributed by atoms with Gasteiger partial charge in [0.25, 0.3) is 0 Å². The minimum absolute atomic E-state index is 0.337. The van der Waals surface area contributed by atoms with Crippen molar-refractivity contribution in [2.75, 3.05) is 4.90 Å². The second-order valence-electron chi connectivity index (χ2n) is 9.86. The summed E-state index contributed by atoms with van der Waals surface area (Å²) in [6.07, 6.45) is 27.4. The molecule has 35 heavy (non-hydrogen) atoms. The van der Waals surface area contributed by atoms with Crippen LogP contribution in [0.2, 0.25) is 0 Å². The summed E-state index contributed by atoms with van der Waals surface area (Å²) in [6.45, 7) is 4.46. The van der Waals surface area contributed by atoms with Crippen LogP contribution in [0.1, 0.15) is 50.7 Å². The van der Waals surface area contributed by atoms with Crippen molar-refractivity contribution in [3.8, 4) is 0 Å². The van der Waals surface area contributed by atoms with Gasteiger partial charge >= 0.3 is 0 Å². The Morgan fingerprint density at radius 3 is 2.40 bits per heavy atom. The van der Waals surface area contributed by atoms with Gasteiger partial charge in [-0.05, 0) is 85.1 Å². The molecule has 0 spiro atoms. The van der Waals surface area contributed by atoms with E-state index in [4.69, 9.17) is 0 Å². The van der Waals surface area contributed by atoms with Gasteiger partial charge in [-0.3, -0.25) is 0 Å². The van der Waals surface area contributed by atoms with Gasteiger partial charge in [-0.1, -0.05) is 104 Å². The highest BCUT2D eigenvalue weighted by Crippen LogP contribution is 2.33. The Kier molecular flexibility index (Phi) is 7.14. The van der Waals surface area contributed by atoms with E-state index in [-0.39, 0.29) is 0 Å². The molecule has 0 aliphatic heterocycles. The monoisotopic (exact) mass is 457 g/mol. The molecule has 1 heteroatoms. The summed E-state index contributed by atoms with van der Waals surface area (Å²) < 4.78 is 0. The van der Waals surface area contributed by atoms with Crippen molar-refractivity contribution in [1.29, 1.82) is 0 Å². The van der Waals surface area contributed by atoms with Gasteiger partial charge in [0.15, 0.2) is 0 Å². The van der Waals surface area contributed by atoms with Crippen LogP contribution in [0.15, 0.2) is 126 Å². The molecule has 2 atom stereocenters. The van der Waals surface area contributed by atoms with Gasteiger partial charge in [-0.15, -0.1) is 0 Å². The van der Waals surface area contributed by atoms with E-state index in [9.17, 15) is 0 Å². The first-order chi connectivity index (χ1) is 17.2. The van der Waals surface area contributed by atoms with Gasteiger partial charge in [-0.25, -0.2) is 0 Å². The molecule has 0 amide bonds. The topological polar surface area (TPSA) is 3.24 Å². The zero-order valence-corrected chi connectivity index (χ0v) is 20.9. The van der Waals surface area contributed by atoms with Gasteiger partial charge in [0.2, 0.25) is 0 Å². The maximum atomic E-state index is 2.50. The molecule has 0 heterocycles. The molecule has 1 nitrogen and oxygen atoms in total. The molecule has 0 saturated heterocycles. The quantitative estimate of drug-likeness (QED) is 0.391. The normalized spacial score (nSPS) is 21.9. The van der Waals surface area contributed by atoms with Crippen molar-refractivity contribution in [2.45, 2.75) is 45.6 Å². The Morgan fingerprint density at radius 1 is 0.914 bits per heavy atom. The molecule has 2 unspecified atom stereocenters. The Hall–Kier alpha value is -3.58. The lowest BCUT2D eigenvalue weighted by atomic mass is 9.90. The number of allylic oxidation sites excluding steroid dienone is 10. The fourth-order valence-electron chi connectivity index (χ4n) is 5.04. The summed E-state index contributed by atoms with van der Waals surface area (Å²) in [4.78, 5) is 2.50. The second-order valence-corrected chi connectivity index (χ2v) is 9.86.